The van der Waals surface area contributed by atoms with Gasteiger partial charge in [-0.1, -0.05) is 18.2 Å². The van der Waals surface area contributed by atoms with Crippen LogP contribution >= 0.6 is 11.3 Å². The highest BCUT2D eigenvalue weighted by Crippen LogP contribution is 2.31. The largest absolute Gasteiger partial charge is 0.383 e. The van der Waals surface area contributed by atoms with Crippen molar-refractivity contribution in [2.75, 3.05) is 11.1 Å². The van der Waals surface area contributed by atoms with E-state index in [0.717, 1.165) is 37.3 Å². The van der Waals surface area contributed by atoms with Gasteiger partial charge in [-0.05, 0) is 73.0 Å². The number of rotatable bonds is 7. The lowest BCUT2D eigenvalue weighted by atomic mass is 10.1. The lowest BCUT2D eigenvalue weighted by molar-refractivity contribution is 0.0940. The number of nitrogens with two attached hydrogens (primary N) is 1. The molecule has 4 N–H and O–H groups in total. The Hall–Kier alpha value is -4.37. The number of aromatic nitrogens is 3. The van der Waals surface area contributed by atoms with E-state index < -0.39 is 0 Å². The monoisotopic (exact) mass is 512 g/mol. The zero-order valence-electron chi connectivity index (χ0n) is 20.3. The van der Waals surface area contributed by atoms with Gasteiger partial charge in [-0.2, -0.15) is 0 Å². The second kappa shape index (κ2) is 10.3. The Morgan fingerprint density at radius 2 is 1.86 bits per heavy atom. The predicted octanol–water partition coefficient (Wildman–Crippen LogP) is 5.89. The molecule has 0 bridgehead atoms. The van der Waals surface area contributed by atoms with Gasteiger partial charge in [0.2, 0.25) is 0 Å². The molecule has 5 aromatic rings. The van der Waals surface area contributed by atoms with E-state index in [9.17, 15) is 9.18 Å². The Kier molecular flexibility index (Phi) is 6.78. The molecule has 0 spiro atoms. The normalized spacial score (nSPS) is 11.9. The first-order valence-electron chi connectivity index (χ1n) is 11.7. The van der Waals surface area contributed by atoms with Crippen molar-refractivity contribution in [2.24, 2.45) is 0 Å². The number of carbonyl (C=O) groups excluding carboxylic acids is 1. The van der Waals surface area contributed by atoms with E-state index in [0.29, 0.717) is 23.7 Å². The van der Waals surface area contributed by atoms with Crippen LogP contribution < -0.4 is 16.4 Å². The average molecular weight is 513 g/mol. The number of halogens is 1. The maximum absolute atomic E-state index is 13.3. The van der Waals surface area contributed by atoms with Crippen molar-refractivity contribution in [1.82, 2.24) is 20.3 Å². The van der Waals surface area contributed by atoms with Crippen LogP contribution in [-0.4, -0.2) is 20.9 Å². The molecule has 1 amide bonds. The van der Waals surface area contributed by atoms with Crippen molar-refractivity contribution in [3.8, 4) is 10.4 Å². The highest BCUT2D eigenvalue weighted by atomic mass is 32.1. The molecule has 3 heterocycles. The number of hydrogen-bond donors (Lipinski definition) is 3. The van der Waals surface area contributed by atoms with Gasteiger partial charge in [0.15, 0.2) is 0 Å². The van der Waals surface area contributed by atoms with Crippen molar-refractivity contribution < 1.29 is 9.18 Å². The number of nitrogens with one attached hydrogen (secondary N) is 2. The molecule has 5 rings (SSSR count). The molecule has 0 radical (unpaired) electrons. The first-order chi connectivity index (χ1) is 17.9. The minimum absolute atomic E-state index is 0.252. The Labute approximate surface area is 217 Å². The summed E-state index contributed by atoms with van der Waals surface area (Å²) in [5.41, 5.74) is 10.0. The van der Waals surface area contributed by atoms with Gasteiger partial charge in [0, 0.05) is 21.3 Å². The van der Waals surface area contributed by atoms with Crippen LogP contribution in [0.15, 0.2) is 73.2 Å². The quantitative estimate of drug-likeness (QED) is 0.251. The van der Waals surface area contributed by atoms with E-state index in [-0.39, 0.29) is 17.8 Å². The van der Waals surface area contributed by atoms with E-state index in [2.05, 4.69) is 31.7 Å². The summed E-state index contributed by atoms with van der Waals surface area (Å²) in [5.74, 6) is 0.390. The van der Waals surface area contributed by atoms with Gasteiger partial charge in [-0.15, -0.1) is 11.3 Å². The van der Waals surface area contributed by atoms with Gasteiger partial charge in [0.1, 0.15) is 23.8 Å². The molecule has 0 saturated carbocycles. The second-order valence-electron chi connectivity index (χ2n) is 8.77. The predicted molar refractivity (Wildman–Crippen MR) is 146 cm³/mol. The SMILES string of the molecule is Cc1cnc(NCc2ccc(-c3ccc4ncnc(N)c4c3)s2)c(C(=O)NC(C)c2ccc(F)cc2)c1. The molecular formula is C28H25FN6OS. The van der Waals surface area contributed by atoms with Crippen LogP contribution in [0.1, 0.15) is 39.3 Å². The number of thiophene rings is 1. The summed E-state index contributed by atoms with van der Waals surface area (Å²) in [7, 11) is 0. The van der Waals surface area contributed by atoms with Crippen LogP contribution in [0.2, 0.25) is 0 Å². The van der Waals surface area contributed by atoms with Crippen LogP contribution in [0.4, 0.5) is 16.0 Å². The summed E-state index contributed by atoms with van der Waals surface area (Å²) in [6.07, 6.45) is 3.19. The summed E-state index contributed by atoms with van der Waals surface area (Å²) in [5, 5.41) is 7.12. The zero-order chi connectivity index (χ0) is 25.9. The molecule has 0 fully saturated rings. The van der Waals surface area contributed by atoms with Gasteiger partial charge in [0.25, 0.3) is 5.91 Å². The van der Waals surface area contributed by atoms with E-state index in [1.54, 1.807) is 29.7 Å². The van der Waals surface area contributed by atoms with Crippen molar-refractivity contribution >= 4 is 39.8 Å². The fraction of sp³-hybridized carbons (Fsp3) is 0.143. The molecule has 37 heavy (non-hydrogen) atoms. The molecule has 0 aliphatic rings. The number of nitrogens with zero attached hydrogens (tertiary/aromatic N) is 3. The standard InChI is InChI=1S/C28H25FN6OS/c1-16-11-23(28(36)35-17(2)18-3-6-20(29)7-4-18)27(31-13-16)32-14-21-8-10-25(37-21)19-5-9-24-22(12-19)26(30)34-15-33-24/h3-13,15,17H,14H2,1-2H3,(H,31,32)(H,35,36)(H2,30,33,34). The minimum atomic E-state index is -0.313. The van der Waals surface area contributed by atoms with E-state index in [4.69, 9.17) is 5.73 Å². The molecule has 0 aliphatic heterocycles. The van der Waals surface area contributed by atoms with Crippen molar-refractivity contribution in [3.05, 3.63) is 101 Å². The van der Waals surface area contributed by atoms with Crippen LogP contribution in [0.3, 0.4) is 0 Å². The van der Waals surface area contributed by atoms with Crippen LogP contribution in [-0.2, 0) is 6.54 Å². The van der Waals surface area contributed by atoms with E-state index in [1.165, 1.54) is 18.5 Å². The molecule has 186 valence electrons. The summed E-state index contributed by atoms with van der Waals surface area (Å²) < 4.78 is 13.3. The molecule has 2 aromatic carbocycles. The molecule has 3 aromatic heterocycles. The number of pyridine rings is 1. The molecule has 1 unspecified atom stereocenters. The fourth-order valence-electron chi connectivity index (χ4n) is 4.02. The molecule has 9 heteroatoms. The number of amides is 1. The molecule has 7 nitrogen and oxygen atoms in total. The number of fused-ring (bicyclic) bond motifs is 1. The summed E-state index contributed by atoms with van der Waals surface area (Å²) in [6, 6.07) is 17.7. The number of nitrogen functional groups attached to an aromatic ring is 1. The minimum Gasteiger partial charge on any atom is -0.383 e. The Bertz CT molecular complexity index is 1580. The average Bonchev–Trinajstić information content (AvgIpc) is 3.37. The van der Waals surface area contributed by atoms with Crippen LogP contribution in [0.25, 0.3) is 21.3 Å². The number of carbonyl (C=O) groups is 1. The Morgan fingerprint density at radius 3 is 2.68 bits per heavy atom. The maximum Gasteiger partial charge on any atom is 0.255 e. The number of anilines is 2. The van der Waals surface area contributed by atoms with Crippen molar-refractivity contribution in [1.29, 1.82) is 0 Å². The highest BCUT2D eigenvalue weighted by Gasteiger charge is 2.17. The third-order valence-electron chi connectivity index (χ3n) is 6.03. The Balaban J connectivity index is 1.31. The van der Waals surface area contributed by atoms with Gasteiger partial charge in [0.05, 0.1) is 23.7 Å². The van der Waals surface area contributed by atoms with Gasteiger partial charge in [-0.3, -0.25) is 4.79 Å². The second-order valence-corrected chi connectivity index (χ2v) is 9.93. The Morgan fingerprint density at radius 1 is 1.05 bits per heavy atom. The summed E-state index contributed by atoms with van der Waals surface area (Å²) in [4.78, 5) is 28.1. The van der Waals surface area contributed by atoms with E-state index in [1.807, 2.05) is 44.2 Å². The topological polar surface area (TPSA) is 106 Å². The van der Waals surface area contributed by atoms with Crippen LogP contribution in [0.5, 0.6) is 0 Å². The van der Waals surface area contributed by atoms with Crippen LogP contribution in [0, 0.1) is 12.7 Å². The lowest BCUT2D eigenvalue weighted by Gasteiger charge is -2.16. The van der Waals surface area contributed by atoms with Gasteiger partial charge < -0.3 is 16.4 Å². The maximum atomic E-state index is 13.3. The summed E-state index contributed by atoms with van der Waals surface area (Å²) >= 11 is 1.64. The summed E-state index contributed by atoms with van der Waals surface area (Å²) in [6.45, 7) is 4.26. The third-order valence-corrected chi connectivity index (χ3v) is 7.16. The van der Waals surface area contributed by atoms with Crippen molar-refractivity contribution in [2.45, 2.75) is 26.4 Å². The number of hydrogen-bond acceptors (Lipinski definition) is 7. The van der Waals surface area contributed by atoms with Gasteiger partial charge in [-0.25, -0.2) is 19.3 Å². The molecule has 1 atom stereocenters. The molecule has 0 aliphatic carbocycles. The van der Waals surface area contributed by atoms with Crippen molar-refractivity contribution in [3.63, 3.8) is 0 Å². The smallest absolute Gasteiger partial charge is 0.255 e. The molecular weight excluding hydrogens is 487 g/mol. The fourth-order valence-corrected chi connectivity index (χ4v) is 4.96. The third kappa shape index (κ3) is 5.41. The van der Waals surface area contributed by atoms with Gasteiger partial charge >= 0.3 is 0 Å². The number of aryl methyl sites for hydroxylation is 1. The van der Waals surface area contributed by atoms with E-state index >= 15 is 0 Å². The lowest BCUT2D eigenvalue weighted by Crippen LogP contribution is -2.27. The highest BCUT2D eigenvalue weighted by molar-refractivity contribution is 7.15. The molecule has 0 saturated heterocycles. The first-order valence-corrected chi connectivity index (χ1v) is 12.5. The number of benzene rings is 2. The zero-order valence-corrected chi connectivity index (χ0v) is 21.1. The first kappa shape index (κ1) is 24.3.